The SMILES string of the molecule is Br.Br.BrP(Br)Br.C.CC(Br)c1ccc(Cl)c(Cl)c1.CC(O)c1ccc(Cl)c(Cl)c1.CC(SC(=N)N)c1ccc(Cl)c(Cl)c1.CC(SC(=N)N)c1ccc(Cl)c(Cl)c1.CCO. The zero-order valence-electron chi connectivity index (χ0n) is 31.6. The third kappa shape index (κ3) is 34.4. The van der Waals surface area contributed by atoms with Gasteiger partial charge in [-0.25, -0.2) is 0 Å². The molecule has 0 radical (unpaired) electrons. The topological polar surface area (TPSA) is 140 Å². The van der Waals surface area contributed by atoms with Gasteiger partial charge < -0.3 is 21.7 Å². The van der Waals surface area contributed by atoms with E-state index < -0.39 is 6.10 Å². The normalized spacial score (nSPS) is 11.5. The Morgan fingerprint density at radius 1 is 0.583 bits per heavy atom. The summed E-state index contributed by atoms with van der Waals surface area (Å²) in [6.07, 6.45) is -0.496. The van der Waals surface area contributed by atoms with Gasteiger partial charge in [0.25, 0.3) is 0 Å². The molecule has 0 spiro atoms. The highest BCUT2D eigenvalue weighted by molar-refractivity contribution is 9.93. The molecule has 0 aliphatic heterocycles. The summed E-state index contributed by atoms with van der Waals surface area (Å²) in [5.41, 5.74) is 14.5. The summed E-state index contributed by atoms with van der Waals surface area (Å²) in [5, 5.41) is 35.8. The van der Waals surface area contributed by atoms with Crippen molar-refractivity contribution in [1.29, 1.82) is 10.8 Å². The Kier molecular flexibility index (Phi) is 47.6. The summed E-state index contributed by atoms with van der Waals surface area (Å²) in [4.78, 5) is 0.317. The Labute approximate surface area is 459 Å². The molecule has 4 unspecified atom stereocenters. The molecule has 0 bridgehead atoms. The van der Waals surface area contributed by atoms with Crippen LogP contribution in [0.25, 0.3) is 0 Å². The Hall–Kier alpha value is 2.07. The van der Waals surface area contributed by atoms with Crippen molar-refractivity contribution in [2.24, 2.45) is 11.5 Å². The molecular weight excluding hydrogens is 1390 g/mol. The van der Waals surface area contributed by atoms with E-state index in [9.17, 15) is 0 Å². The number of nitrogens with two attached hydrogens (primary N) is 2. The quantitative estimate of drug-likeness (QED) is 0.0492. The van der Waals surface area contributed by atoms with Gasteiger partial charge >= 0.3 is 0 Å². The lowest BCUT2D eigenvalue weighted by Crippen LogP contribution is -2.06. The molecule has 8 N–H and O–H groups in total. The van der Waals surface area contributed by atoms with Crippen LogP contribution in [-0.4, -0.2) is 27.2 Å². The molecule has 0 aromatic heterocycles. The fourth-order valence-corrected chi connectivity index (χ4v) is 6.42. The largest absolute Gasteiger partial charge is 0.397 e. The average Bonchev–Trinajstić information content (AvgIpc) is 3.10. The summed E-state index contributed by atoms with van der Waals surface area (Å²) in [6.45, 7) is 9.58. The lowest BCUT2D eigenvalue weighted by Gasteiger charge is -2.10. The highest BCUT2D eigenvalue weighted by Gasteiger charge is 2.11. The number of nitrogens with one attached hydrogen (secondary N) is 2. The van der Waals surface area contributed by atoms with Crippen molar-refractivity contribution >= 4 is 227 Å². The van der Waals surface area contributed by atoms with Crippen molar-refractivity contribution < 1.29 is 10.2 Å². The number of hydrogen-bond acceptors (Lipinski definition) is 6. The van der Waals surface area contributed by atoms with Crippen molar-refractivity contribution in [3.05, 3.63) is 135 Å². The van der Waals surface area contributed by atoms with E-state index in [4.69, 9.17) is 125 Å². The fraction of sp³-hybridized carbons (Fsp3) is 0.297. The summed E-state index contributed by atoms with van der Waals surface area (Å²) < 4.78 is -0.183. The first kappa shape index (κ1) is 71.1. The van der Waals surface area contributed by atoms with E-state index in [1.54, 1.807) is 62.4 Å². The van der Waals surface area contributed by atoms with Crippen LogP contribution in [0.1, 0.15) is 85.7 Å². The van der Waals surface area contributed by atoms with Crippen LogP contribution in [-0.2, 0) is 0 Å². The predicted octanol–water partition coefficient (Wildman–Crippen LogP) is 20.0. The Morgan fingerprint density at radius 2 is 0.800 bits per heavy atom. The minimum atomic E-state index is -0.496. The van der Waals surface area contributed by atoms with Crippen molar-refractivity contribution in [2.45, 2.75) is 63.5 Å². The number of aliphatic hydroxyl groups excluding tert-OH is 2. The zero-order chi connectivity index (χ0) is 44.6. The molecule has 0 heterocycles. The summed E-state index contributed by atoms with van der Waals surface area (Å²) in [5.74, 6) is 0. The van der Waals surface area contributed by atoms with Crippen LogP contribution in [0.3, 0.4) is 0 Å². The minimum absolute atomic E-state index is 0. The molecule has 0 amide bonds. The molecule has 342 valence electrons. The van der Waals surface area contributed by atoms with Gasteiger partial charge in [0.15, 0.2) is 10.3 Å². The molecule has 23 heteroatoms. The summed E-state index contributed by atoms with van der Waals surface area (Å²) in [7, 11) is 0. The van der Waals surface area contributed by atoms with Crippen LogP contribution in [0, 0.1) is 10.8 Å². The minimum Gasteiger partial charge on any atom is -0.397 e. The zero-order valence-corrected chi connectivity index (χ0v) is 50.0. The second-order valence-corrected chi connectivity index (χ2v) is 33.5. The van der Waals surface area contributed by atoms with Crippen LogP contribution < -0.4 is 11.5 Å². The van der Waals surface area contributed by atoms with E-state index in [1.165, 1.54) is 23.5 Å². The van der Waals surface area contributed by atoms with Crippen LogP contribution >= 0.6 is 217 Å². The molecule has 60 heavy (non-hydrogen) atoms. The highest BCUT2D eigenvalue weighted by Crippen LogP contribution is 2.59. The Balaban J connectivity index is -0.000000210. The standard InChI is InChI=1S/2C9H10Cl2N2S.C8H7BrCl2.C8H8Cl2O.C2H6O.CH4.Br3P.2BrH/c2*1-5(14-9(12)13)6-2-3-7(10)8(11)4-6;1-5(9)6-2-3-7(10)8(11)4-6;1-5(11)6-2-3-7(9)8(10)4-6;1-2-3;;1-4(2)3;;/h2*2-5H,1H3,(H3,12,13);2-5H,1H3;2-5,11H,1H3;3H,2H2,1H3;1H4;;2*1H. The van der Waals surface area contributed by atoms with E-state index in [-0.39, 0.29) is 72.9 Å². The maximum Gasteiger partial charge on any atom is 0.151 e. The molecular formula is C37H47Br6Cl8N4O2PS2. The van der Waals surface area contributed by atoms with Crippen LogP contribution in [0.4, 0.5) is 0 Å². The maximum absolute atomic E-state index is 9.14. The van der Waals surface area contributed by atoms with Gasteiger partial charge in [-0.15, -0.1) is 34.0 Å². The van der Waals surface area contributed by atoms with Crippen molar-refractivity contribution in [3.63, 3.8) is 0 Å². The number of thioether (sulfide) groups is 2. The van der Waals surface area contributed by atoms with Gasteiger partial charge in [0.1, 0.15) is 4.03 Å². The number of halogens is 14. The van der Waals surface area contributed by atoms with Crippen molar-refractivity contribution in [1.82, 2.24) is 0 Å². The molecule has 0 saturated carbocycles. The van der Waals surface area contributed by atoms with Gasteiger partial charge in [-0.05, 0) is 152 Å². The van der Waals surface area contributed by atoms with Gasteiger partial charge in [-0.3, -0.25) is 10.8 Å². The first-order chi connectivity index (χ1) is 26.4. The molecule has 4 aromatic carbocycles. The molecule has 4 rings (SSSR count). The smallest absolute Gasteiger partial charge is 0.151 e. The van der Waals surface area contributed by atoms with Gasteiger partial charge in [0.05, 0.1) is 46.3 Å². The third-order valence-electron chi connectivity index (χ3n) is 6.26. The number of rotatable bonds is 6. The molecule has 4 aromatic rings. The van der Waals surface area contributed by atoms with Gasteiger partial charge in [0.2, 0.25) is 0 Å². The fourth-order valence-electron chi connectivity index (χ4n) is 3.58. The average molecular weight is 1440 g/mol. The van der Waals surface area contributed by atoms with E-state index in [0.717, 1.165) is 22.3 Å². The maximum atomic E-state index is 9.14. The number of aliphatic hydroxyl groups is 2. The van der Waals surface area contributed by atoms with Crippen molar-refractivity contribution in [3.8, 4) is 0 Å². The van der Waals surface area contributed by atoms with E-state index in [2.05, 4.69) is 62.4 Å². The molecule has 0 fully saturated rings. The molecule has 0 saturated heterocycles. The number of benzene rings is 4. The van der Waals surface area contributed by atoms with Gasteiger partial charge in [-0.1, -0.05) is 164 Å². The van der Waals surface area contributed by atoms with Crippen LogP contribution in [0.2, 0.25) is 40.2 Å². The predicted molar refractivity (Wildman–Crippen MR) is 303 cm³/mol. The molecule has 4 atom stereocenters. The Morgan fingerprint density at radius 3 is 1.02 bits per heavy atom. The molecule has 6 nitrogen and oxygen atoms in total. The lowest BCUT2D eigenvalue weighted by molar-refractivity contribution is 0.199. The third-order valence-corrected chi connectivity index (χ3v) is 11.5. The number of alkyl halides is 1. The first-order valence-corrected chi connectivity index (χ1v) is 29.0. The van der Waals surface area contributed by atoms with E-state index >= 15 is 0 Å². The van der Waals surface area contributed by atoms with Crippen LogP contribution in [0.15, 0.2) is 72.8 Å². The monoisotopic (exact) mass is 1430 g/mol. The highest BCUT2D eigenvalue weighted by atomic mass is 80.0. The number of amidine groups is 2. The first-order valence-electron chi connectivity index (χ1n) is 15.9. The number of hydrogen-bond donors (Lipinski definition) is 6. The molecule has 0 aliphatic carbocycles. The Bertz CT molecular complexity index is 1710. The van der Waals surface area contributed by atoms with Crippen LogP contribution in [0.5, 0.6) is 0 Å². The van der Waals surface area contributed by atoms with E-state index in [0.29, 0.717) is 45.0 Å². The van der Waals surface area contributed by atoms with Gasteiger partial charge in [0, 0.05) is 21.9 Å². The molecule has 0 aliphatic rings. The second-order valence-electron chi connectivity index (χ2n) is 10.7. The second kappa shape index (κ2) is 40.2. The van der Waals surface area contributed by atoms with E-state index in [1.807, 2.05) is 45.0 Å². The lowest BCUT2D eigenvalue weighted by atomic mass is 10.1. The summed E-state index contributed by atoms with van der Waals surface area (Å²) in [6, 6.07) is 21.6. The van der Waals surface area contributed by atoms with Gasteiger partial charge in [-0.2, -0.15) is 0 Å². The summed E-state index contributed by atoms with van der Waals surface area (Å²) >= 11 is 61.7. The van der Waals surface area contributed by atoms with Crippen molar-refractivity contribution in [2.75, 3.05) is 6.61 Å².